The molecule has 0 aliphatic heterocycles. The van der Waals surface area contributed by atoms with Crippen molar-refractivity contribution < 1.29 is 0 Å². The molecule has 0 spiro atoms. The van der Waals surface area contributed by atoms with E-state index in [9.17, 15) is 0 Å². The van der Waals surface area contributed by atoms with Crippen LogP contribution in [-0.2, 0) is 0 Å². The van der Waals surface area contributed by atoms with E-state index < -0.39 is 18.4 Å². The molecule has 24 heavy (non-hydrogen) atoms. The van der Waals surface area contributed by atoms with Crippen LogP contribution < -0.4 is 0 Å². The molecule has 0 N–H and O–H groups in total. The van der Waals surface area contributed by atoms with Gasteiger partial charge in [0, 0.05) is 0 Å². The van der Waals surface area contributed by atoms with Gasteiger partial charge in [-0.1, -0.05) is 0 Å². The summed E-state index contributed by atoms with van der Waals surface area (Å²) >= 11 is -1.90. The molecule has 144 valence electrons. The van der Waals surface area contributed by atoms with E-state index >= 15 is 0 Å². The summed E-state index contributed by atoms with van der Waals surface area (Å²) in [5.41, 5.74) is 0. The van der Waals surface area contributed by atoms with Crippen LogP contribution in [-0.4, -0.2) is 18.4 Å². The van der Waals surface area contributed by atoms with Gasteiger partial charge in [-0.05, 0) is 0 Å². The molecule has 0 aromatic carbocycles. The van der Waals surface area contributed by atoms with Crippen molar-refractivity contribution in [1.29, 1.82) is 0 Å². The van der Waals surface area contributed by atoms with Crippen LogP contribution in [0.25, 0.3) is 0 Å². The van der Waals surface area contributed by atoms with Crippen molar-refractivity contribution in [1.82, 2.24) is 0 Å². The normalized spacial score (nSPS) is 16.1. The van der Waals surface area contributed by atoms with Crippen LogP contribution in [0, 0.1) is 0 Å². The van der Waals surface area contributed by atoms with Crippen molar-refractivity contribution in [2.45, 2.75) is 141 Å². The molecule has 1 saturated carbocycles. The van der Waals surface area contributed by atoms with Gasteiger partial charge in [-0.15, -0.1) is 0 Å². The van der Waals surface area contributed by atoms with Gasteiger partial charge in [0.15, 0.2) is 0 Å². The Hall–Kier alpha value is 0.799. The molecule has 0 aromatic rings. The summed E-state index contributed by atoms with van der Waals surface area (Å²) in [5.74, 6) is 0. The van der Waals surface area contributed by atoms with Gasteiger partial charge in [0.1, 0.15) is 0 Å². The first-order valence-electron chi connectivity index (χ1n) is 11.8. The van der Waals surface area contributed by atoms with Crippen molar-refractivity contribution in [3.63, 3.8) is 0 Å². The molecule has 0 heterocycles. The topological polar surface area (TPSA) is 0 Å². The molecule has 1 aliphatic rings. The van der Waals surface area contributed by atoms with Crippen molar-refractivity contribution in [2.75, 3.05) is 0 Å². The van der Waals surface area contributed by atoms with Gasteiger partial charge in [-0.25, -0.2) is 0 Å². The van der Waals surface area contributed by atoms with Crippen LogP contribution in [0.2, 0.25) is 17.2 Å². The molecule has 0 bridgehead atoms. The molecule has 0 aromatic heterocycles. The zero-order chi connectivity index (χ0) is 17.5. The summed E-state index contributed by atoms with van der Waals surface area (Å²) in [6.45, 7) is 7.09. The Morgan fingerprint density at radius 3 is 1.25 bits per heavy atom. The summed E-state index contributed by atoms with van der Waals surface area (Å²) in [4.78, 5) is 0. The summed E-state index contributed by atoms with van der Waals surface area (Å²) < 4.78 is 6.57. The van der Waals surface area contributed by atoms with Gasteiger partial charge in [0.05, 0.1) is 0 Å². The standard InChI is InChI=1S/3C6H13.C5H9.Sn/c3*1-3-5-6-4-2;1-2-4-5-3-1;/h3*1,3-6H2,2H3;1H,2-5H2;. The molecule has 1 rings (SSSR count). The van der Waals surface area contributed by atoms with Gasteiger partial charge in [-0.2, -0.15) is 0 Å². The van der Waals surface area contributed by atoms with Gasteiger partial charge >= 0.3 is 159 Å². The quantitative estimate of drug-likeness (QED) is 0.165. The average molecular weight is 443 g/mol. The monoisotopic (exact) mass is 444 g/mol. The molecule has 0 atom stereocenters. The van der Waals surface area contributed by atoms with E-state index in [1.807, 2.05) is 0 Å². The molecule has 0 unspecified atom stereocenters. The Labute approximate surface area is 158 Å². The molecule has 1 aliphatic carbocycles. The number of unbranched alkanes of at least 4 members (excludes halogenated alkanes) is 9. The molecule has 0 radical (unpaired) electrons. The number of rotatable bonds is 16. The predicted molar refractivity (Wildman–Crippen MR) is 115 cm³/mol. The fourth-order valence-corrected chi connectivity index (χ4v) is 23.7. The third-order valence-electron chi connectivity index (χ3n) is 6.81. The van der Waals surface area contributed by atoms with Gasteiger partial charge in [-0.3, -0.25) is 0 Å². The zero-order valence-electron chi connectivity index (χ0n) is 17.5. The van der Waals surface area contributed by atoms with Gasteiger partial charge < -0.3 is 0 Å². The Morgan fingerprint density at radius 1 is 0.542 bits per heavy atom. The Balaban J connectivity index is 2.63. The van der Waals surface area contributed by atoms with Crippen molar-refractivity contribution in [3.05, 3.63) is 0 Å². The van der Waals surface area contributed by atoms with Crippen LogP contribution in [0.5, 0.6) is 0 Å². The minimum atomic E-state index is -1.90. The second kappa shape index (κ2) is 14.9. The van der Waals surface area contributed by atoms with E-state index in [-0.39, 0.29) is 0 Å². The SMILES string of the molecule is CCCCC[CH2][Sn]([CH2]CCCCC)([CH2]CCCCC)[CH]1CCCC1. The van der Waals surface area contributed by atoms with Gasteiger partial charge in [0.2, 0.25) is 0 Å². The van der Waals surface area contributed by atoms with Crippen molar-refractivity contribution >= 4 is 18.4 Å². The number of hydrogen-bond donors (Lipinski definition) is 0. The first-order valence-corrected chi connectivity index (χ1v) is 19.5. The summed E-state index contributed by atoms with van der Waals surface area (Å²) in [6, 6.07) is 0. The molecular formula is C23H48Sn. The Kier molecular flexibility index (Phi) is 14.2. The van der Waals surface area contributed by atoms with Crippen LogP contribution >= 0.6 is 0 Å². The summed E-state index contributed by atoms with van der Waals surface area (Å²) in [7, 11) is 0. The van der Waals surface area contributed by atoms with Crippen LogP contribution in [0.4, 0.5) is 0 Å². The van der Waals surface area contributed by atoms with E-state index in [2.05, 4.69) is 20.8 Å². The Morgan fingerprint density at radius 2 is 0.917 bits per heavy atom. The predicted octanol–water partition coefficient (Wildman–Crippen LogP) is 9.12. The molecule has 1 fully saturated rings. The van der Waals surface area contributed by atoms with E-state index in [0.717, 1.165) is 0 Å². The maximum absolute atomic E-state index is 2.36. The Bertz CT molecular complexity index is 236. The van der Waals surface area contributed by atoms with Crippen molar-refractivity contribution in [3.8, 4) is 0 Å². The minimum absolute atomic E-state index is 1.28. The molecule has 0 nitrogen and oxygen atoms in total. The van der Waals surface area contributed by atoms with Crippen LogP contribution in [0.15, 0.2) is 0 Å². The first kappa shape index (κ1) is 22.8. The fourth-order valence-electron chi connectivity index (χ4n) is 5.24. The molecule has 0 saturated heterocycles. The van der Waals surface area contributed by atoms with E-state index in [1.165, 1.54) is 61.7 Å². The van der Waals surface area contributed by atoms with Crippen LogP contribution in [0.3, 0.4) is 0 Å². The second-order valence-corrected chi connectivity index (χ2v) is 23.2. The maximum atomic E-state index is 2.36. The average Bonchev–Trinajstić information content (AvgIpc) is 3.14. The van der Waals surface area contributed by atoms with Crippen LogP contribution in [0.1, 0.15) is 124 Å². The fraction of sp³-hybridized carbons (Fsp3) is 1.00. The first-order chi connectivity index (χ1) is 11.8. The molecule has 0 amide bonds. The third kappa shape index (κ3) is 8.95. The van der Waals surface area contributed by atoms with Crippen molar-refractivity contribution in [2.24, 2.45) is 0 Å². The zero-order valence-corrected chi connectivity index (χ0v) is 20.4. The molecule has 1 heteroatoms. The summed E-state index contributed by atoms with van der Waals surface area (Å²) in [5, 5.41) is 0. The second-order valence-electron chi connectivity index (χ2n) is 8.78. The van der Waals surface area contributed by atoms with E-state index in [0.29, 0.717) is 0 Å². The van der Waals surface area contributed by atoms with E-state index in [4.69, 9.17) is 0 Å². The number of hydrogen-bond acceptors (Lipinski definition) is 0. The molecular weight excluding hydrogens is 395 g/mol. The van der Waals surface area contributed by atoms with E-state index in [1.54, 1.807) is 58.3 Å². The third-order valence-corrected chi connectivity index (χ3v) is 25.0. The van der Waals surface area contributed by atoms with Gasteiger partial charge in [0.25, 0.3) is 0 Å². The summed E-state index contributed by atoms with van der Waals surface area (Å²) in [6.07, 6.45) is 24.5.